The number of hydrogen-bond donors (Lipinski definition) is 0. The third-order valence-electron chi connectivity index (χ3n) is 4.26. The molecular formula is C26H52O11. The minimum Gasteiger partial charge on any atom is -0.458 e. The van der Waals surface area contributed by atoms with Gasteiger partial charge in [-0.05, 0) is 27.2 Å². The molecule has 0 aromatic carbocycles. The van der Waals surface area contributed by atoms with Gasteiger partial charge in [0.25, 0.3) is 0 Å². The molecule has 0 heterocycles. The van der Waals surface area contributed by atoms with E-state index in [9.17, 15) is 4.79 Å². The Morgan fingerprint density at radius 2 is 0.730 bits per heavy atom. The molecule has 0 fully saturated rings. The molecule has 37 heavy (non-hydrogen) atoms. The molecule has 222 valence electrons. The lowest BCUT2D eigenvalue weighted by molar-refractivity contribution is -0.160. The number of carbonyl (C=O) groups is 1. The highest BCUT2D eigenvalue weighted by atomic mass is 16.6. The van der Waals surface area contributed by atoms with Gasteiger partial charge in [-0.15, -0.1) is 0 Å². The van der Waals surface area contributed by atoms with Gasteiger partial charge in [-0.3, -0.25) is 0 Å². The molecule has 0 saturated carbocycles. The van der Waals surface area contributed by atoms with Crippen molar-refractivity contribution in [2.75, 3.05) is 119 Å². The molecule has 0 rings (SSSR count). The van der Waals surface area contributed by atoms with Crippen molar-refractivity contribution < 1.29 is 52.2 Å². The Hall–Kier alpha value is -0.890. The van der Waals surface area contributed by atoms with Gasteiger partial charge in [-0.2, -0.15) is 0 Å². The van der Waals surface area contributed by atoms with Gasteiger partial charge in [0, 0.05) is 6.61 Å². The Balaban J connectivity index is 3.09. The zero-order chi connectivity index (χ0) is 27.3. The molecule has 0 spiro atoms. The molecule has 11 heteroatoms. The van der Waals surface area contributed by atoms with Crippen molar-refractivity contribution in [3.8, 4) is 0 Å². The second-order valence-corrected chi connectivity index (χ2v) is 8.89. The molecule has 0 unspecified atom stereocenters. The van der Waals surface area contributed by atoms with E-state index in [1.807, 2.05) is 20.8 Å². The highest BCUT2D eigenvalue weighted by Crippen LogP contribution is 2.06. The zero-order valence-electron chi connectivity index (χ0n) is 23.6. The molecular weight excluding hydrogens is 488 g/mol. The number of carbonyl (C=O) groups excluding carboxylic acids is 1. The van der Waals surface area contributed by atoms with Crippen LogP contribution in [-0.4, -0.2) is 130 Å². The summed E-state index contributed by atoms with van der Waals surface area (Å²) in [5, 5.41) is 0. The average Bonchev–Trinajstić information content (AvgIpc) is 2.84. The fourth-order valence-corrected chi connectivity index (χ4v) is 2.53. The number of esters is 1. The Morgan fingerprint density at radius 3 is 1.00 bits per heavy atom. The molecule has 0 saturated heterocycles. The molecule has 0 radical (unpaired) electrons. The first-order valence-electron chi connectivity index (χ1n) is 13.4. The first kappa shape index (κ1) is 36.1. The van der Waals surface area contributed by atoms with Gasteiger partial charge in [0.2, 0.25) is 0 Å². The third-order valence-corrected chi connectivity index (χ3v) is 4.26. The molecule has 0 N–H and O–H groups in total. The van der Waals surface area contributed by atoms with Crippen molar-refractivity contribution in [2.24, 2.45) is 0 Å². The second kappa shape index (κ2) is 28.1. The lowest BCUT2D eigenvalue weighted by Gasteiger charge is -2.19. The van der Waals surface area contributed by atoms with Crippen molar-refractivity contribution in [2.45, 2.75) is 46.1 Å². The third kappa shape index (κ3) is 33.1. The fraction of sp³-hybridized carbons (Fsp3) is 0.962. The van der Waals surface area contributed by atoms with Gasteiger partial charge in [0.05, 0.1) is 106 Å². The van der Waals surface area contributed by atoms with Crippen molar-refractivity contribution in [3.05, 3.63) is 0 Å². The van der Waals surface area contributed by atoms with Gasteiger partial charge < -0.3 is 47.4 Å². The standard InChI is InChI=1S/C26H52O11/c1-5-6-7-28-8-9-29-10-11-30-12-13-31-14-15-32-16-17-33-18-19-34-20-21-35-22-23-36-24-25(27)37-26(2,3)4/h5-24H2,1-4H3. The summed E-state index contributed by atoms with van der Waals surface area (Å²) in [6.07, 6.45) is 2.24. The van der Waals surface area contributed by atoms with E-state index in [0.29, 0.717) is 106 Å². The molecule has 0 amide bonds. The zero-order valence-corrected chi connectivity index (χ0v) is 23.6. The van der Waals surface area contributed by atoms with Crippen molar-refractivity contribution in [3.63, 3.8) is 0 Å². The van der Waals surface area contributed by atoms with E-state index in [1.165, 1.54) is 0 Å². The van der Waals surface area contributed by atoms with Crippen LogP contribution in [0.25, 0.3) is 0 Å². The molecule has 0 aliphatic rings. The Kier molecular flexibility index (Phi) is 27.4. The number of unbranched alkanes of at least 4 members (excludes halogenated alkanes) is 1. The van der Waals surface area contributed by atoms with E-state index >= 15 is 0 Å². The van der Waals surface area contributed by atoms with Crippen molar-refractivity contribution in [1.29, 1.82) is 0 Å². The van der Waals surface area contributed by atoms with Gasteiger partial charge >= 0.3 is 5.97 Å². The van der Waals surface area contributed by atoms with Crippen LogP contribution in [-0.2, 0) is 52.2 Å². The number of ether oxygens (including phenoxy) is 10. The maximum Gasteiger partial charge on any atom is 0.332 e. The summed E-state index contributed by atoms with van der Waals surface area (Å²) in [5.74, 6) is -0.382. The van der Waals surface area contributed by atoms with Crippen LogP contribution in [0, 0.1) is 0 Å². The van der Waals surface area contributed by atoms with E-state index in [4.69, 9.17) is 47.4 Å². The van der Waals surface area contributed by atoms with Crippen molar-refractivity contribution >= 4 is 5.97 Å². The summed E-state index contributed by atoms with van der Waals surface area (Å²) in [5.41, 5.74) is -0.504. The lowest BCUT2D eigenvalue weighted by Crippen LogP contribution is -2.27. The monoisotopic (exact) mass is 540 g/mol. The fourth-order valence-electron chi connectivity index (χ4n) is 2.53. The molecule has 0 aromatic heterocycles. The smallest absolute Gasteiger partial charge is 0.332 e. The van der Waals surface area contributed by atoms with Crippen LogP contribution >= 0.6 is 0 Å². The number of rotatable bonds is 29. The molecule has 0 aliphatic carbocycles. The van der Waals surface area contributed by atoms with Crippen LogP contribution in [0.2, 0.25) is 0 Å². The summed E-state index contributed by atoms with van der Waals surface area (Å²) in [6, 6.07) is 0. The highest BCUT2D eigenvalue weighted by Gasteiger charge is 2.15. The first-order valence-corrected chi connectivity index (χ1v) is 13.4. The molecule has 0 bridgehead atoms. The maximum absolute atomic E-state index is 11.5. The van der Waals surface area contributed by atoms with Crippen LogP contribution in [0.5, 0.6) is 0 Å². The van der Waals surface area contributed by atoms with E-state index in [0.717, 1.165) is 19.4 Å². The summed E-state index contributed by atoms with van der Waals surface area (Å²) in [4.78, 5) is 11.5. The minimum absolute atomic E-state index is 0.0766. The van der Waals surface area contributed by atoms with E-state index in [2.05, 4.69) is 6.92 Å². The maximum atomic E-state index is 11.5. The van der Waals surface area contributed by atoms with E-state index < -0.39 is 5.60 Å². The number of hydrogen-bond acceptors (Lipinski definition) is 11. The summed E-state index contributed by atoms with van der Waals surface area (Å²) in [6.45, 7) is 16.4. The molecule has 0 atom stereocenters. The van der Waals surface area contributed by atoms with Gasteiger partial charge in [-0.25, -0.2) is 4.79 Å². The minimum atomic E-state index is -0.504. The SMILES string of the molecule is CCCCOCCOCCOCCOCCOCCOCCOCCOCCOCC(=O)OC(C)(C)C. The quantitative estimate of drug-likeness (QED) is 0.103. The topological polar surface area (TPSA) is 109 Å². The summed E-state index contributed by atoms with van der Waals surface area (Å²) < 4.78 is 53.7. The Morgan fingerprint density at radius 1 is 0.459 bits per heavy atom. The van der Waals surface area contributed by atoms with Crippen LogP contribution in [0.1, 0.15) is 40.5 Å². The predicted octanol–water partition coefficient (Wildman–Crippen LogP) is 2.28. The summed E-state index contributed by atoms with van der Waals surface area (Å²) in [7, 11) is 0. The molecule has 0 aromatic rings. The van der Waals surface area contributed by atoms with Gasteiger partial charge in [-0.1, -0.05) is 13.3 Å². The van der Waals surface area contributed by atoms with Crippen molar-refractivity contribution in [1.82, 2.24) is 0 Å². The largest absolute Gasteiger partial charge is 0.458 e. The first-order chi connectivity index (χ1) is 18.0. The second-order valence-electron chi connectivity index (χ2n) is 8.89. The summed E-state index contributed by atoms with van der Waals surface area (Å²) >= 11 is 0. The normalized spacial score (nSPS) is 11.8. The average molecular weight is 541 g/mol. The van der Waals surface area contributed by atoms with E-state index in [-0.39, 0.29) is 12.6 Å². The van der Waals surface area contributed by atoms with Crippen LogP contribution in [0.3, 0.4) is 0 Å². The highest BCUT2D eigenvalue weighted by molar-refractivity contribution is 5.71. The van der Waals surface area contributed by atoms with E-state index in [1.54, 1.807) is 0 Å². The Bertz CT molecular complexity index is 472. The predicted molar refractivity (Wildman–Crippen MR) is 138 cm³/mol. The van der Waals surface area contributed by atoms with Crippen LogP contribution in [0.4, 0.5) is 0 Å². The van der Waals surface area contributed by atoms with Gasteiger partial charge in [0.15, 0.2) is 0 Å². The lowest BCUT2D eigenvalue weighted by atomic mass is 10.2. The van der Waals surface area contributed by atoms with Crippen LogP contribution < -0.4 is 0 Å². The van der Waals surface area contributed by atoms with Crippen LogP contribution in [0.15, 0.2) is 0 Å². The Labute approximate surface area is 223 Å². The molecule has 11 nitrogen and oxygen atoms in total. The molecule has 0 aliphatic heterocycles. The van der Waals surface area contributed by atoms with Gasteiger partial charge in [0.1, 0.15) is 12.2 Å².